The zero-order valence-electron chi connectivity index (χ0n) is 13.2. The molecule has 4 rings (SSSR count). The van der Waals surface area contributed by atoms with E-state index in [-0.39, 0.29) is 11.6 Å². The van der Waals surface area contributed by atoms with Crippen molar-refractivity contribution in [1.29, 1.82) is 0 Å². The minimum Gasteiger partial charge on any atom is -0.400 e. The molecule has 3 aromatic heterocycles. The van der Waals surface area contributed by atoms with Gasteiger partial charge in [-0.15, -0.1) is 11.3 Å². The molecule has 4 aromatic rings. The van der Waals surface area contributed by atoms with E-state index in [2.05, 4.69) is 20.5 Å². The van der Waals surface area contributed by atoms with Gasteiger partial charge in [-0.3, -0.25) is 15.5 Å². The highest BCUT2D eigenvalue weighted by atomic mass is 32.1. The Kier molecular flexibility index (Phi) is 4.12. The molecule has 0 saturated heterocycles. The molecule has 0 amide bonds. The number of furan rings is 1. The second kappa shape index (κ2) is 6.73. The zero-order chi connectivity index (χ0) is 17.9. The van der Waals surface area contributed by atoms with Gasteiger partial charge < -0.3 is 4.42 Å². The molecule has 1 aromatic carbocycles. The summed E-state index contributed by atoms with van der Waals surface area (Å²) in [7, 11) is 0. The molecule has 0 aliphatic heterocycles. The summed E-state index contributed by atoms with van der Waals surface area (Å²) in [5.74, 6) is 0.483. The number of thiophene rings is 1. The molecule has 3 heterocycles. The lowest BCUT2D eigenvalue weighted by atomic mass is 10.2. The van der Waals surface area contributed by atoms with Crippen LogP contribution in [0.1, 0.15) is 5.76 Å². The molecule has 1 N–H and O–H groups in total. The molecular formula is C17H11N5O3S. The van der Waals surface area contributed by atoms with Crippen molar-refractivity contribution in [1.82, 2.24) is 9.97 Å². The number of fused-ring (bicyclic) bond motifs is 1. The Morgan fingerprint density at radius 2 is 2.04 bits per heavy atom. The number of aromatic nitrogens is 2. The lowest BCUT2D eigenvalue weighted by Crippen LogP contribution is -1.94. The van der Waals surface area contributed by atoms with Crippen LogP contribution >= 0.6 is 11.3 Å². The van der Waals surface area contributed by atoms with Crippen molar-refractivity contribution in [2.45, 2.75) is 0 Å². The van der Waals surface area contributed by atoms with E-state index in [0.29, 0.717) is 5.82 Å². The average Bonchev–Trinajstić information content (AvgIpc) is 3.30. The van der Waals surface area contributed by atoms with Crippen LogP contribution in [-0.4, -0.2) is 21.1 Å². The molecular weight excluding hydrogens is 354 g/mol. The SMILES string of the molecule is O=[N+]([O-])c1ccc(/C=N\Nc2ncnc3sc(-c4ccccc4)cc23)o1. The summed E-state index contributed by atoms with van der Waals surface area (Å²) in [6.07, 6.45) is 2.81. The van der Waals surface area contributed by atoms with E-state index < -0.39 is 4.92 Å². The van der Waals surface area contributed by atoms with Gasteiger partial charge in [0.2, 0.25) is 0 Å². The third-order valence-electron chi connectivity index (χ3n) is 3.54. The van der Waals surface area contributed by atoms with Gasteiger partial charge in [0.05, 0.1) is 17.7 Å². The van der Waals surface area contributed by atoms with Crippen LogP contribution in [0, 0.1) is 10.1 Å². The van der Waals surface area contributed by atoms with E-state index in [0.717, 1.165) is 20.7 Å². The fourth-order valence-corrected chi connectivity index (χ4v) is 3.36. The number of nitrogens with zero attached hydrogens (tertiary/aromatic N) is 4. The lowest BCUT2D eigenvalue weighted by Gasteiger charge is -1.99. The average molecular weight is 365 g/mol. The van der Waals surface area contributed by atoms with Crippen molar-refractivity contribution >= 4 is 39.5 Å². The number of hydrazone groups is 1. The van der Waals surface area contributed by atoms with Crippen LogP contribution in [0.5, 0.6) is 0 Å². The fraction of sp³-hybridized carbons (Fsp3) is 0. The Balaban J connectivity index is 1.59. The van der Waals surface area contributed by atoms with Gasteiger partial charge in [-0.05, 0) is 17.7 Å². The lowest BCUT2D eigenvalue weighted by molar-refractivity contribution is -0.402. The molecule has 0 unspecified atom stereocenters. The summed E-state index contributed by atoms with van der Waals surface area (Å²) in [5, 5.41) is 15.5. The van der Waals surface area contributed by atoms with Gasteiger partial charge in [-0.1, -0.05) is 30.3 Å². The van der Waals surface area contributed by atoms with E-state index >= 15 is 0 Å². The van der Waals surface area contributed by atoms with Gasteiger partial charge in [-0.2, -0.15) is 5.10 Å². The minimum absolute atomic E-state index is 0.268. The highest BCUT2D eigenvalue weighted by Crippen LogP contribution is 2.34. The van der Waals surface area contributed by atoms with E-state index in [1.807, 2.05) is 36.4 Å². The minimum atomic E-state index is -0.602. The maximum atomic E-state index is 10.6. The fourth-order valence-electron chi connectivity index (χ4n) is 2.36. The zero-order valence-corrected chi connectivity index (χ0v) is 14.0. The Morgan fingerprint density at radius 1 is 1.19 bits per heavy atom. The number of anilines is 1. The van der Waals surface area contributed by atoms with Gasteiger partial charge in [-0.25, -0.2) is 9.97 Å². The Hall–Kier alpha value is -3.59. The molecule has 0 aliphatic rings. The number of hydrogen-bond acceptors (Lipinski definition) is 8. The van der Waals surface area contributed by atoms with Crippen molar-refractivity contribution in [2.75, 3.05) is 5.43 Å². The van der Waals surface area contributed by atoms with Gasteiger partial charge in [0, 0.05) is 4.88 Å². The summed E-state index contributed by atoms with van der Waals surface area (Å²) in [4.78, 5) is 20.4. The number of nitrogens with one attached hydrogen (secondary N) is 1. The predicted octanol–water partition coefficient (Wildman–Crippen LogP) is 4.31. The molecule has 9 heteroatoms. The monoisotopic (exact) mass is 365 g/mol. The maximum absolute atomic E-state index is 10.6. The Morgan fingerprint density at radius 3 is 2.81 bits per heavy atom. The van der Waals surface area contributed by atoms with Crippen molar-refractivity contribution in [3.8, 4) is 10.4 Å². The smallest absolute Gasteiger partial charge is 0.400 e. The third kappa shape index (κ3) is 3.15. The van der Waals surface area contributed by atoms with Crippen molar-refractivity contribution in [3.05, 3.63) is 70.7 Å². The van der Waals surface area contributed by atoms with Crippen LogP contribution in [0.2, 0.25) is 0 Å². The molecule has 26 heavy (non-hydrogen) atoms. The first-order chi connectivity index (χ1) is 12.7. The first-order valence-corrected chi connectivity index (χ1v) is 8.35. The van der Waals surface area contributed by atoms with Crippen LogP contribution < -0.4 is 5.43 Å². The Labute approximate surface area is 151 Å². The molecule has 0 bridgehead atoms. The van der Waals surface area contributed by atoms with Gasteiger partial charge in [0.25, 0.3) is 0 Å². The molecule has 0 radical (unpaired) electrons. The van der Waals surface area contributed by atoms with Crippen molar-refractivity contribution < 1.29 is 9.34 Å². The second-order valence-corrected chi connectivity index (χ2v) is 6.25. The van der Waals surface area contributed by atoms with E-state index in [9.17, 15) is 10.1 Å². The summed E-state index contributed by atoms with van der Waals surface area (Å²) in [5.41, 5.74) is 3.94. The van der Waals surface area contributed by atoms with Gasteiger partial charge >= 0.3 is 5.88 Å². The largest absolute Gasteiger partial charge is 0.433 e. The molecule has 128 valence electrons. The first kappa shape index (κ1) is 15.9. The van der Waals surface area contributed by atoms with Crippen molar-refractivity contribution in [3.63, 3.8) is 0 Å². The number of benzene rings is 1. The highest BCUT2D eigenvalue weighted by Gasteiger charge is 2.11. The van der Waals surface area contributed by atoms with Crippen LogP contribution in [-0.2, 0) is 0 Å². The van der Waals surface area contributed by atoms with Crippen LogP contribution in [0.3, 0.4) is 0 Å². The van der Waals surface area contributed by atoms with E-state index in [1.165, 1.54) is 24.7 Å². The van der Waals surface area contributed by atoms with E-state index in [4.69, 9.17) is 4.42 Å². The number of hydrogen-bond donors (Lipinski definition) is 1. The quantitative estimate of drug-likeness (QED) is 0.321. The summed E-state index contributed by atoms with van der Waals surface area (Å²) in [6.45, 7) is 0. The highest BCUT2D eigenvalue weighted by molar-refractivity contribution is 7.21. The van der Waals surface area contributed by atoms with Crippen LogP contribution in [0.25, 0.3) is 20.7 Å². The van der Waals surface area contributed by atoms with Gasteiger partial charge in [0.1, 0.15) is 16.1 Å². The molecule has 8 nitrogen and oxygen atoms in total. The summed E-state index contributed by atoms with van der Waals surface area (Å²) >= 11 is 1.56. The number of nitro groups is 1. The summed E-state index contributed by atoms with van der Waals surface area (Å²) in [6, 6.07) is 14.8. The second-order valence-electron chi connectivity index (χ2n) is 5.22. The molecule has 0 fully saturated rings. The maximum Gasteiger partial charge on any atom is 0.433 e. The number of rotatable bonds is 5. The van der Waals surface area contributed by atoms with Crippen molar-refractivity contribution in [2.24, 2.45) is 5.10 Å². The van der Waals surface area contributed by atoms with Crippen LogP contribution in [0.4, 0.5) is 11.7 Å². The van der Waals surface area contributed by atoms with E-state index in [1.54, 1.807) is 11.3 Å². The third-order valence-corrected chi connectivity index (χ3v) is 4.63. The standard InChI is InChI=1S/C17H11N5O3S/c23-22(24)15-7-6-12(25-15)9-20-21-16-13-8-14(11-4-2-1-3-5-11)26-17(13)19-10-18-16/h1-10H,(H,18,19,21)/b20-9-. The molecule has 0 saturated carbocycles. The molecule has 0 spiro atoms. The Bertz CT molecular complexity index is 1100. The molecule has 0 aliphatic carbocycles. The predicted molar refractivity (Wildman–Crippen MR) is 99.4 cm³/mol. The normalized spacial score (nSPS) is 11.2. The van der Waals surface area contributed by atoms with Crippen LogP contribution in [0.15, 0.2) is 64.4 Å². The summed E-state index contributed by atoms with van der Waals surface area (Å²) < 4.78 is 5.01. The first-order valence-electron chi connectivity index (χ1n) is 7.54. The topological polar surface area (TPSA) is 106 Å². The van der Waals surface area contributed by atoms with Gasteiger partial charge in [0.15, 0.2) is 11.6 Å². The molecule has 0 atom stereocenters.